The highest BCUT2D eigenvalue weighted by atomic mass is 35.5. The van der Waals surface area contributed by atoms with Crippen LogP contribution in [0.1, 0.15) is 25.8 Å². The van der Waals surface area contributed by atoms with Gasteiger partial charge in [0.25, 0.3) is 0 Å². The van der Waals surface area contributed by atoms with Gasteiger partial charge in [0.2, 0.25) is 0 Å². The van der Waals surface area contributed by atoms with Crippen molar-refractivity contribution in [2.24, 2.45) is 0 Å². The number of halogens is 1. The Hall–Kier alpha value is -0.770. The number of hydrogen-bond donors (Lipinski definition) is 1. The number of benzene rings is 1. The second-order valence-corrected chi connectivity index (χ2v) is 4.41. The van der Waals surface area contributed by atoms with Gasteiger partial charge in [-0.2, -0.15) is 0 Å². The maximum Gasteiger partial charge on any atom is 0.124 e. The number of hydrogen-bond acceptors (Lipinski definition) is 3. The van der Waals surface area contributed by atoms with Gasteiger partial charge in [0, 0.05) is 23.7 Å². The van der Waals surface area contributed by atoms with Crippen molar-refractivity contribution in [3.8, 4) is 5.75 Å². The first-order valence-electron chi connectivity index (χ1n) is 6.47. The Morgan fingerprint density at radius 3 is 2.78 bits per heavy atom. The molecule has 0 unspecified atom stereocenters. The first-order chi connectivity index (χ1) is 8.77. The van der Waals surface area contributed by atoms with E-state index in [4.69, 9.17) is 21.1 Å². The Balaban J connectivity index is 2.52. The maximum absolute atomic E-state index is 6.01. The highest BCUT2D eigenvalue weighted by Gasteiger charge is 2.04. The van der Waals surface area contributed by atoms with Gasteiger partial charge in [-0.1, -0.05) is 18.5 Å². The minimum Gasteiger partial charge on any atom is -0.491 e. The molecule has 0 aromatic heterocycles. The van der Waals surface area contributed by atoms with Crippen LogP contribution >= 0.6 is 11.6 Å². The van der Waals surface area contributed by atoms with Crippen LogP contribution in [0, 0.1) is 0 Å². The lowest BCUT2D eigenvalue weighted by atomic mass is 10.2. The van der Waals surface area contributed by atoms with Gasteiger partial charge < -0.3 is 14.8 Å². The monoisotopic (exact) mass is 271 g/mol. The van der Waals surface area contributed by atoms with E-state index in [9.17, 15) is 0 Å². The molecule has 0 saturated heterocycles. The van der Waals surface area contributed by atoms with Gasteiger partial charge in [-0.15, -0.1) is 0 Å². The normalized spacial score (nSPS) is 10.6. The fourth-order valence-corrected chi connectivity index (χ4v) is 1.78. The van der Waals surface area contributed by atoms with E-state index in [1.54, 1.807) is 0 Å². The quantitative estimate of drug-likeness (QED) is 0.700. The summed E-state index contributed by atoms with van der Waals surface area (Å²) in [4.78, 5) is 0. The minimum atomic E-state index is 0.566. The molecule has 1 rings (SSSR count). The molecular weight excluding hydrogens is 250 g/mol. The standard InChI is InChI=1S/C14H22ClNO2/c1-3-7-16-11-12-10-13(15)5-6-14(12)18-9-8-17-4-2/h5-6,10,16H,3-4,7-9,11H2,1-2H3. The summed E-state index contributed by atoms with van der Waals surface area (Å²) < 4.78 is 11.0. The third-order valence-corrected chi connectivity index (χ3v) is 2.69. The van der Waals surface area contributed by atoms with Crippen molar-refractivity contribution in [1.82, 2.24) is 5.32 Å². The fraction of sp³-hybridized carbons (Fsp3) is 0.571. The van der Waals surface area contributed by atoms with Crippen molar-refractivity contribution in [1.29, 1.82) is 0 Å². The van der Waals surface area contributed by atoms with Gasteiger partial charge in [0.1, 0.15) is 12.4 Å². The van der Waals surface area contributed by atoms with Crippen LogP contribution in [0.25, 0.3) is 0 Å². The third-order valence-electron chi connectivity index (χ3n) is 2.45. The smallest absolute Gasteiger partial charge is 0.124 e. The van der Waals surface area contributed by atoms with Crippen molar-refractivity contribution >= 4 is 11.6 Å². The fourth-order valence-electron chi connectivity index (χ4n) is 1.58. The first kappa shape index (κ1) is 15.3. The Morgan fingerprint density at radius 2 is 2.06 bits per heavy atom. The lowest BCUT2D eigenvalue weighted by Gasteiger charge is -2.12. The Labute approximate surface area is 114 Å². The van der Waals surface area contributed by atoms with E-state index in [1.165, 1.54) is 0 Å². The van der Waals surface area contributed by atoms with Gasteiger partial charge >= 0.3 is 0 Å². The molecule has 102 valence electrons. The van der Waals surface area contributed by atoms with Gasteiger partial charge in [-0.25, -0.2) is 0 Å². The lowest BCUT2D eigenvalue weighted by Crippen LogP contribution is -2.15. The van der Waals surface area contributed by atoms with Crippen LogP contribution in [0.2, 0.25) is 5.02 Å². The summed E-state index contributed by atoms with van der Waals surface area (Å²) >= 11 is 6.01. The molecule has 18 heavy (non-hydrogen) atoms. The lowest BCUT2D eigenvalue weighted by molar-refractivity contribution is 0.110. The summed E-state index contributed by atoms with van der Waals surface area (Å²) in [6, 6.07) is 5.71. The third kappa shape index (κ3) is 5.71. The van der Waals surface area contributed by atoms with Crippen LogP contribution in [0.15, 0.2) is 18.2 Å². The van der Waals surface area contributed by atoms with E-state index in [2.05, 4.69) is 12.2 Å². The predicted molar refractivity (Wildman–Crippen MR) is 75.4 cm³/mol. The zero-order valence-corrected chi connectivity index (χ0v) is 11.9. The van der Waals surface area contributed by atoms with Crippen LogP contribution in [0.4, 0.5) is 0 Å². The van der Waals surface area contributed by atoms with Crippen LogP contribution in [0.5, 0.6) is 5.75 Å². The van der Waals surface area contributed by atoms with Crippen molar-refractivity contribution in [2.45, 2.75) is 26.8 Å². The van der Waals surface area contributed by atoms with Crippen LogP contribution in [0.3, 0.4) is 0 Å². The number of nitrogens with one attached hydrogen (secondary N) is 1. The molecule has 1 N–H and O–H groups in total. The molecule has 0 bridgehead atoms. The molecule has 0 aliphatic rings. The van der Waals surface area contributed by atoms with E-state index in [0.717, 1.165) is 42.5 Å². The summed E-state index contributed by atoms with van der Waals surface area (Å²) in [5.74, 6) is 0.878. The second kappa shape index (κ2) is 9.20. The molecule has 1 aromatic rings. The molecule has 3 nitrogen and oxygen atoms in total. The molecule has 0 spiro atoms. The summed E-state index contributed by atoms with van der Waals surface area (Å²) in [5, 5.41) is 4.09. The topological polar surface area (TPSA) is 30.5 Å². The maximum atomic E-state index is 6.01. The molecule has 0 saturated carbocycles. The molecular formula is C14H22ClNO2. The average Bonchev–Trinajstić information content (AvgIpc) is 2.37. The second-order valence-electron chi connectivity index (χ2n) is 3.97. The van der Waals surface area contributed by atoms with Crippen LogP contribution in [-0.2, 0) is 11.3 Å². The molecule has 0 amide bonds. The van der Waals surface area contributed by atoms with Crippen molar-refractivity contribution < 1.29 is 9.47 Å². The average molecular weight is 272 g/mol. The zero-order chi connectivity index (χ0) is 13.2. The zero-order valence-electron chi connectivity index (χ0n) is 11.2. The van der Waals surface area contributed by atoms with Crippen LogP contribution < -0.4 is 10.1 Å². The molecule has 0 atom stereocenters. The molecule has 0 radical (unpaired) electrons. The summed E-state index contributed by atoms with van der Waals surface area (Å²) in [6.45, 7) is 7.78. The van der Waals surface area contributed by atoms with E-state index < -0.39 is 0 Å². The van der Waals surface area contributed by atoms with Crippen molar-refractivity contribution in [2.75, 3.05) is 26.4 Å². The largest absolute Gasteiger partial charge is 0.491 e. The van der Waals surface area contributed by atoms with Gasteiger partial charge in [0.15, 0.2) is 0 Å². The molecule has 4 heteroatoms. The summed E-state index contributed by atoms with van der Waals surface area (Å²) in [7, 11) is 0. The molecule has 0 aliphatic heterocycles. The SMILES string of the molecule is CCCNCc1cc(Cl)ccc1OCCOCC. The van der Waals surface area contributed by atoms with E-state index in [-0.39, 0.29) is 0 Å². The van der Waals surface area contributed by atoms with E-state index >= 15 is 0 Å². The Bertz CT molecular complexity index is 345. The van der Waals surface area contributed by atoms with Crippen LogP contribution in [-0.4, -0.2) is 26.4 Å². The molecule has 0 heterocycles. The number of rotatable bonds is 9. The Kier molecular flexibility index (Phi) is 7.81. The van der Waals surface area contributed by atoms with E-state index in [0.29, 0.717) is 13.2 Å². The highest BCUT2D eigenvalue weighted by Crippen LogP contribution is 2.22. The summed E-state index contributed by atoms with van der Waals surface area (Å²) in [6.07, 6.45) is 1.11. The van der Waals surface area contributed by atoms with Gasteiger partial charge in [-0.05, 0) is 38.1 Å². The van der Waals surface area contributed by atoms with Crippen molar-refractivity contribution in [3.63, 3.8) is 0 Å². The predicted octanol–water partition coefficient (Wildman–Crippen LogP) is 3.25. The Morgan fingerprint density at radius 1 is 1.22 bits per heavy atom. The number of ether oxygens (including phenoxy) is 2. The molecule has 0 fully saturated rings. The first-order valence-corrected chi connectivity index (χ1v) is 6.85. The molecule has 1 aromatic carbocycles. The van der Waals surface area contributed by atoms with E-state index in [1.807, 2.05) is 25.1 Å². The summed E-state index contributed by atoms with van der Waals surface area (Å²) in [5.41, 5.74) is 1.09. The van der Waals surface area contributed by atoms with Gasteiger partial charge in [-0.3, -0.25) is 0 Å². The molecule has 0 aliphatic carbocycles. The highest BCUT2D eigenvalue weighted by molar-refractivity contribution is 6.30. The van der Waals surface area contributed by atoms with Crippen molar-refractivity contribution in [3.05, 3.63) is 28.8 Å². The minimum absolute atomic E-state index is 0.566. The van der Waals surface area contributed by atoms with Gasteiger partial charge in [0.05, 0.1) is 6.61 Å².